The van der Waals surface area contributed by atoms with E-state index in [1.165, 1.54) is 0 Å². The number of ether oxygens (including phenoxy) is 1. The first-order chi connectivity index (χ1) is 8.58. The highest BCUT2D eigenvalue weighted by Gasteiger charge is 2.36. The molecule has 0 bridgehead atoms. The normalized spacial score (nSPS) is 22.9. The number of rotatable bonds is 3. The summed E-state index contributed by atoms with van der Waals surface area (Å²) in [5, 5.41) is 12.9. The highest BCUT2D eigenvalue weighted by molar-refractivity contribution is 5.54. The third kappa shape index (κ3) is 2.44. The first-order valence-electron chi connectivity index (χ1n) is 6.33. The van der Waals surface area contributed by atoms with E-state index in [1.54, 1.807) is 7.11 Å². The molecule has 100 valence electrons. The van der Waals surface area contributed by atoms with Crippen LogP contribution < -0.4 is 15.0 Å². The number of methoxy groups -OCH3 is 1. The van der Waals surface area contributed by atoms with Crippen LogP contribution >= 0.6 is 0 Å². The number of aliphatic hydroxyl groups excluding tert-OH is 1. The van der Waals surface area contributed by atoms with E-state index in [-0.39, 0.29) is 18.2 Å². The third-order valence-electron chi connectivity index (χ3n) is 3.50. The Morgan fingerprint density at radius 1 is 1.50 bits per heavy atom. The Morgan fingerprint density at radius 3 is 2.94 bits per heavy atom. The SMILES string of the molecule is COc1cccc(N2C(CO)CNCC2(C)C)c1. The Balaban J connectivity index is 2.36. The number of benzene rings is 1. The smallest absolute Gasteiger partial charge is 0.120 e. The van der Waals surface area contributed by atoms with E-state index < -0.39 is 0 Å². The van der Waals surface area contributed by atoms with E-state index in [2.05, 4.69) is 30.1 Å². The van der Waals surface area contributed by atoms with Gasteiger partial charge in [0.05, 0.1) is 19.8 Å². The molecule has 1 aliphatic heterocycles. The summed E-state index contributed by atoms with van der Waals surface area (Å²) in [6, 6.07) is 8.11. The molecule has 0 aromatic heterocycles. The maximum atomic E-state index is 9.57. The van der Waals surface area contributed by atoms with E-state index in [4.69, 9.17) is 4.74 Å². The van der Waals surface area contributed by atoms with E-state index >= 15 is 0 Å². The fourth-order valence-electron chi connectivity index (χ4n) is 2.68. The molecule has 1 atom stereocenters. The van der Waals surface area contributed by atoms with Crippen molar-refractivity contribution in [2.24, 2.45) is 0 Å². The van der Waals surface area contributed by atoms with Crippen molar-refractivity contribution in [2.75, 3.05) is 31.7 Å². The second kappa shape index (κ2) is 5.16. The number of hydrogen-bond acceptors (Lipinski definition) is 4. The van der Waals surface area contributed by atoms with Crippen molar-refractivity contribution in [3.8, 4) is 5.75 Å². The molecule has 1 aliphatic rings. The molecule has 0 saturated carbocycles. The number of hydrogen-bond donors (Lipinski definition) is 2. The Bertz CT molecular complexity index is 407. The van der Waals surface area contributed by atoms with Gasteiger partial charge >= 0.3 is 0 Å². The molecule has 0 aliphatic carbocycles. The van der Waals surface area contributed by atoms with E-state index in [0.717, 1.165) is 24.5 Å². The first kappa shape index (κ1) is 13.2. The summed E-state index contributed by atoms with van der Waals surface area (Å²) in [5.41, 5.74) is 1.07. The highest BCUT2D eigenvalue weighted by atomic mass is 16.5. The van der Waals surface area contributed by atoms with Crippen LogP contribution in [0.15, 0.2) is 24.3 Å². The van der Waals surface area contributed by atoms with Crippen LogP contribution in [-0.2, 0) is 0 Å². The molecule has 1 unspecified atom stereocenters. The minimum Gasteiger partial charge on any atom is -0.497 e. The van der Waals surface area contributed by atoms with E-state index in [1.807, 2.05) is 18.2 Å². The Hall–Kier alpha value is -1.26. The lowest BCUT2D eigenvalue weighted by atomic mass is 9.95. The van der Waals surface area contributed by atoms with Gasteiger partial charge in [0.1, 0.15) is 5.75 Å². The van der Waals surface area contributed by atoms with Gasteiger partial charge in [-0.05, 0) is 26.0 Å². The van der Waals surface area contributed by atoms with Crippen LogP contribution in [0.4, 0.5) is 5.69 Å². The third-order valence-corrected chi connectivity index (χ3v) is 3.50. The van der Waals surface area contributed by atoms with Crippen LogP contribution in [0.5, 0.6) is 5.75 Å². The van der Waals surface area contributed by atoms with Gasteiger partial charge in [0, 0.05) is 30.4 Å². The van der Waals surface area contributed by atoms with Gasteiger partial charge in [-0.25, -0.2) is 0 Å². The van der Waals surface area contributed by atoms with Crippen LogP contribution in [0.1, 0.15) is 13.8 Å². The van der Waals surface area contributed by atoms with Gasteiger partial charge in [0.15, 0.2) is 0 Å². The summed E-state index contributed by atoms with van der Waals surface area (Å²) in [6.07, 6.45) is 0. The molecule has 1 fully saturated rings. The molecule has 1 saturated heterocycles. The Morgan fingerprint density at radius 2 is 2.28 bits per heavy atom. The predicted molar refractivity (Wildman–Crippen MR) is 73.3 cm³/mol. The summed E-state index contributed by atoms with van der Waals surface area (Å²) < 4.78 is 5.28. The maximum Gasteiger partial charge on any atom is 0.120 e. The molecular weight excluding hydrogens is 228 g/mol. The second-order valence-corrected chi connectivity index (χ2v) is 5.35. The molecular formula is C14H22N2O2. The van der Waals surface area contributed by atoms with Crippen LogP contribution in [0.3, 0.4) is 0 Å². The van der Waals surface area contributed by atoms with Crippen molar-refractivity contribution < 1.29 is 9.84 Å². The Labute approximate surface area is 109 Å². The number of nitrogens with zero attached hydrogens (tertiary/aromatic N) is 1. The quantitative estimate of drug-likeness (QED) is 0.847. The Kier molecular flexibility index (Phi) is 3.78. The maximum absolute atomic E-state index is 9.57. The summed E-state index contributed by atoms with van der Waals surface area (Å²) in [7, 11) is 1.67. The van der Waals surface area contributed by atoms with Crippen molar-refractivity contribution >= 4 is 5.69 Å². The molecule has 18 heavy (non-hydrogen) atoms. The first-order valence-corrected chi connectivity index (χ1v) is 6.33. The van der Waals surface area contributed by atoms with Crippen molar-refractivity contribution in [1.82, 2.24) is 5.32 Å². The summed E-state index contributed by atoms with van der Waals surface area (Å²) in [4.78, 5) is 2.28. The van der Waals surface area contributed by atoms with Crippen LogP contribution in [0.2, 0.25) is 0 Å². The number of piperazine rings is 1. The second-order valence-electron chi connectivity index (χ2n) is 5.35. The van der Waals surface area contributed by atoms with Gasteiger partial charge in [-0.3, -0.25) is 0 Å². The van der Waals surface area contributed by atoms with Crippen LogP contribution in [-0.4, -0.2) is 43.5 Å². The van der Waals surface area contributed by atoms with Gasteiger partial charge in [0.25, 0.3) is 0 Å². The minimum atomic E-state index is -0.0298. The minimum absolute atomic E-state index is 0.0298. The number of nitrogens with one attached hydrogen (secondary N) is 1. The summed E-state index contributed by atoms with van der Waals surface area (Å²) >= 11 is 0. The molecule has 0 spiro atoms. The molecule has 0 radical (unpaired) electrons. The lowest BCUT2D eigenvalue weighted by Gasteiger charge is -2.49. The molecule has 1 aromatic rings. The summed E-state index contributed by atoms with van der Waals surface area (Å²) in [5.74, 6) is 0.846. The fourth-order valence-corrected chi connectivity index (χ4v) is 2.68. The topological polar surface area (TPSA) is 44.7 Å². The zero-order chi connectivity index (χ0) is 13.2. The predicted octanol–water partition coefficient (Wildman–Crippen LogP) is 1.24. The highest BCUT2D eigenvalue weighted by Crippen LogP contribution is 2.30. The average Bonchev–Trinajstić information content (AvgIpc) is 2.37. The summed E-state index contributed by atoms with van der Waals surface area (Å²) in [6.45, 7) is 6.22. The molecule has 2 rings (SSSR count). The van der Waals surface area contributed by atoms with E-state index in [9.17, 15) is 5.11 Å². The molecule has 2 N–H and O–H groups in total. The average molecular weight is 250 g/mol. The van der Waals surface area contributed by atoms with Gasteiger partial charge in [-0.15, -0.1) is 0 Å². The van der Waals surface area contributed by atoms with Crippen molar-refractivity contribution in [1.29, 1.82) is 0 Å². The molecule has 1 heterocycles. The zero-order valence-corrected chi connectivity index (χ0v) is 11.3. The number of anilines is 1. The monoisotopic (exact) mass is 250 g/mol. The van der Waals surface area contributed by atoms with Gasteiger partial charge < -0.3 is 20.1 Å². The van der Waals surface area contributed by atoms with Crippen LogP contribution in [0.25, 0.3) is 0 Å². The van der Waals surface area contributed by atoms with Crippen molar-refractivity contribution in [3.63, 3.8) is 0 Å². The molecule has 0 amide bonds. The zero-order valence-electron chi connectivity index (χ0n) is 11.3. The van der Waals surface area contributed by atoms with Gasteiger partial charge in [0.2, 0.25) is 0 Å². The lowest BCUT2D eigenvalue weighted by Crippen LogP contribution is -2.64. The van der Waals surface area contributed by atoms with Crippen molar-refractivity contribution in [2.45, 2.75) is 25.4 Å². The van der Waals surface area contributed by atoms with Gasteiger partial charge in [-0.2, -0.15) is 0 Å². The largest absolute Gasteiger partial charge is 0.497 e. The molecule has 4 heteroatoms. The van der Waals surface area contributed by atoms with E-state index in [0.29, 0.717) is 0 Å². The fraction of sp³-hybridized carbons (Fsp3) is 0.571. The lowest BCUT2D eigenvalue weighted by molar-refractivity contribution is 0.212. The van der Waals surface area contributed by atoms with Gasteiger partial charge in [-0.1, -0.05) is 6.07 Å². The number of aliphatic hydroxyl groups is 1. The molecule has 4 nitrogen and oxygen atoms in total. The van der Waals surface area contributed by atoms with Crippen molar-refractivity contribution in [3.05, 3.63) is 24.3 Å². The van der Waals surface area contributed by atoms with Crippen LogP contribution in [0, 0.1) is 0 Å². The standard InChI is InChI=1S/C14H22N2O2/c1-14(2)10-15-8-12(9-17)16(14)11-5-4-6-13(7-11)18-3/h4-7,12,15,17H,8-10H2,1-3H3. The molecule has 1 aromatic carbocycles.